The summed E-state index contributed by atoms with van der Waals surface area (Å²) in [6.45, 7) is 1.74. The minimum Gasteiger partial charge on any atom is -0.455 e. The summed E-state index contributed by atoms with van der Waals surface area (Å²) in [5.41, 5.74) is 0.423. The summed E-state index contributed by atoms with van der Waals surface area (Å²) in [7, 11) is 0. The lowest BCUT2D eigenvalue weighted by Crippen LogP contribution is -2.15. The number of carbonyl (C=O) groups is 1. The van der Waals surface area contributed by atoms with Gasteiger partial charge < -0.3 is 10.1 Å². The maximum absolute atomic E-state index is 14.2. The molecule has 126 valence electrons. The molecule has 0 unspecified atom stereocenters. The molecule has 0 spiro atoms. The van der Waals surface area contributed by atoms with E-state index in [1.807, 2.05) is 6.07 Å². The average Bonchev–Trinajstić information content (AvgIpc) is 2.61. The number of hydrogen-bond acceptors (Lipinski definition) is 2. The molecule has 0 aliphatic heterocycles. The second-order valence-electron chi connectivity index (χ2n) is 5.47. The van der Waals surface area contributed by atoms with Gasteiger partial charge in [-0.3, -0.25) is 4.79 Å². The fourth-order valence-corrected chi connectivity index (χ4v) is 2.32. The highest BCUT2D eigenvalue weighted by molar-refractivity contribution is 6.05. The summed E-state index contributed by atoms with van der Waals surface area (Å²) >= 11 is 0. The van der Waals surface area contributed by atoms with E-state index < -0.39 is 17.5 Å². The first-order valence-corrected chi connectivity index (χ1v) is 7.63. The number of hydrogen-bond donors (Lipinski definition) is 1. The van der Waals surface area contributed by atoms with Crippen LogP contribution in [0.1, 0.15) is 15.9 Å². The Balaban J connectivity index is 1.92. The maximum Gasteiger partial charge on any atom is 0.258 e. The molecule has 0 saturated carbocycles. The number of ether oxygens (including phenoxy) is 1. The third-order valence-electron chi connectivity index (χ3n) is 3.55. The standard InChI is InChI=1S/C20H15F2NO2/c1-13-10-11-16(21)15(12-13)20(24)23-19-17(22)8-5-9-18(19)25-14-6-3-2-4-7-14/h2-12H,1H3,(H,23,24). The van der Waals surface area contributed by atoms with Gasteiger partial charge in [-0.1, -0.05) is 35.9 Å². The third-order valence-corrected chi connectivity index (χ3v) is 3.55. The topological polar surface area (TPSA) is 38.3 Å². The van der Waals surface area contributed by atoms with Crippen LogP contribution in [-0.2, 0) is 0 Å². The first-order valence-electron chi connectivity index (χ1n) is 7.63. The summed E-state index contributed by atoms with van der Waals surface area (Å²) in [5, 5.41) is 2.40. The number of para-hydroxylation sites is 2. The number of aryl methyl sites for hydroxylation is 1. The number of amides is 1. The molecule has 3 nitrogen and oxygen atoms in total. The van der Waals surface area contributed by atoms with E-state index in [2.05, 4.69) is 5.32 Å². The molecule has 0 saturated heterocycles. The highest BCUT2D eigenvalue weighted by atomic mass is 19.1. The Morgan fingerprint density at radius 3 is 2.44 bits per heavy atom. The second-order valence-corrected chi connectivity index (χ2v) is 5.47. The van der Waals surface area contributed by atoms with Crippen LogP contribution < -0.4 is 10.1 Å². The van der Waals surface area contributed by atoms with Crippen LogP contribution in [0.4, 0.5) is 14.5 Å². The van der Waals surface area contributed by atoms with Crippen LogP contribution in [0.3, 0.4) is 0 Å². The van der Waals surface area contributed by atoms with E-state index in [-0.39, 0.29) is 17.0 Å². The van der Waals surface area contributed by atoms with E-state index in [0.717, 1.165) is 5.56 Å². The summed E-state index contributed by atoms with van der Waals surface area (Å²) in [6.07, 6.45) is 0. The molecule has 0 aromatic heterocycles. The van der Waals surface area contributed by atoms with Crippen molar-refractivity contribution in [1.29, 1.82) is 0 Å². The average molecular weight is 339 g/mol. The molecular weight excluding hydrogens is 324 g/mol. The molecule has 0 bridgehead atoms. The van der Waals surface area contributed by atoms with E-state index in [1.165, 1.54) is 30.3 Å². The Morgan fingerprint density at radius 2 is 1.68 bits per heavy atom. The van der Waals surface area contributed by atoms with Gasteiger partial charge in [0, 0.05) is 0 Å². The van der Waals surface area contributed by atoms with Gasteiger partial charge in [-0.25, -0.2) is 8.78 Å². The van der Waals surface area contributed by atoms with Gasteiger partial charge in [0.25, 0.3) is 5.91 Å². The molecule has 0 aliphatic carbocycles. The van der Waals surface area contributed by atoms with Crippen molar-refractivity contribution >= 4 is 11.6 Å². The fourth-order valence-electron chi connectivity index (χ4n) is 2.32. The Morgan fingerprint density at radius 1 is 0.920 bits per heavy atom. The van der Waals surface area contributed by atoms with Crippen molar-refractivity contribution in [3.8, 4) is 11.5 Å². The number of nitrogens with one attached hydrogen (secondary N) is 1. The Labute approximate surface area is 143 Å². The van der Waals surface area contributed by atoms with Crippen LogP contribution in [0.15, 0.2) is 66.7 Å². The summed E-state index contributed by atoms with van der Waals surface area (Å²) in [4.78, 5) is 12.4. The lowest BCUT2D eigenvalue weighted by Gasteiger charge is -2.13. The maximum atomic E-state index is 14.2. The van der Waals surface area contributed by atoms with E-state index in [9.17, 15) is 13.6 Å². The molecular formula is C20H15F2NO2. The zero-order valence-electron chi connectivity index (χ0n) is 13.4. The molecule has 0 heterocycles. The van der Waals surface area contributed by atoms with Gasteiger partial charge in [-0.15, -0.1) is 0 Å². The Bertz CT molecular complexity index is 911. The lowest BCUT2D eigenvalue weighted by molar-refractivity contribution is 0.102. The summed E-state index contributed by atoms with van der Waals surface area (Å²) in [5.74, 6) is -1.47. The third kappa shape index (κ3) is 3.83. The van der Waals surface area contributed by atoms with Crippen LogP contribution in [0.5, 0.6) is 11.5 Å². The van der Waals surface area contributed by atoms with Gasteiger partial charge in [0.15, 0.2) is 11.6 Å². The van der Waals surface area contributed by atoms with Gasteiger partial charge in [0.1, 0.15) is 17.3 Å². The van der Waals surface area contributed by atoms with Gasteiger partial charge in [0.2, 0.25) is 0 Å². The molecule has 3 aromatic carbocycles. The molecule has 3 rings (SSSR count). The predicted octanol–water partition coefficient (Wildman–Crippen LogP) is 5.32. The van der Waals surface area contributed by atoms with Crippen molar-refractivity contribution in [1.82, 2.24) is 0 Å². The highest BCUT2D eigenvalue weighted by Gasteiger charge is 2.17. The number of benzene rings is 3. The first kappa shape index (κ1) is 16.6. The van der Waals surface area contributed by atoms with Crippen molar-refractivity contribution in [2.24, 2.45) is 0 Å². The molecule has 25 heavy (non-hydrogen) atoms. The van der Waals surface area contributed by atoms with Gasteiger partial charge >= 0.3 is 0 Å². The number of halogens is 2. The van der Waals surface area contributed by atoms with Crippen molar-refractivity contribution in [3.05, 3.63) is 89.5 Å². The largest absolute Gasteiger partial charge is 0.455 e. The van der Waals surface area contributed by atoms with Gasteiger partial charge in [-0.05, 0) is 43.3 Å². The Kier molecular flexibility index (Phi) is 4.75. The highest BCUT2D eigenvalue weighted by Crippen LogP contribution is 2.32. The quantitative estimate of drug-likeness (QED) is 0.699. The first-order chi connectivity index (χ1) is 12.0. The number of anilines is 1. The molecule has 0 atom stereocenters. The minimum absolute atomic E-state index is 0.132. The SMILES string of the molecule is Cc1ccc(F)c(C(=O)Nc2c(F)cccc2Oc2ccccc2)c1. The zero-order valence-corrected chi connectivity index (χ0v) is 13.4. The van der Waals surface area contributed by atoms with Crippen molar-refractivity contribution in [2.45, 2.75) is 6.92 Å². The zero-order chi connectivity index (χ0) is 17.8. The van der Waals surface area contributed by atoms with Crippen molar-refractivity contribution in [3.63, 3.8) is 0 Å². The summed E-state index contributed by atoms with van der Waals surface area (Å²) in [6, 6.07) is 17.1. The van der Waals surface area contributed by atoms with E-state index in [1.54, 1.807) is 37.3 Å². The summed E-state index contributed by atoms with van der Waals surface area (Å²) < 4.78 is 33.7. The van der Waals surface area contributed by atoms with E-state index in [0.29, 0.717) is 5.75 Å². The van der Waals surface area contributed by atoms with Gasteiger partial charge in [0.05, 0.1) is 5.56 Å². The second kappa shape index (κ2) is 7.13. The van der Waals surface area contributed by atoms with E-state index >= 15 is 0 Å². The Hall–Kier alpha value is -3.21. The molecule has 1 amide bonds. The van der Waals surface area contributed by atoms with Gasteiger partial charge in [-0.2, -0.15) is 0 Å². The molecule has 0 fully saturated rings. The van der Waals surface area contributed by atoms with Crippen LogP contribution in [0, 0.1) is 18.6 Å². The number of rotatable bonds is 4. The predicted molar refractivity (Wildman–Crippen MR) is 92.0 cm³/mol. The normalized spacial score (nSPS) is 10.4. The monoisotopic (exact) mass is 339 g/mol. The smallest absolute Gasteiger partial charge is 0.258 e. The molecule has 1 N–H and O–H groups in total. The molecule has 3 aromatic rings. The number of carbonyl (C=O) groups excluding carboxylic acids is 1. The van der Waals surface area contributed by atoms with Crippen molar-refractivity contribution < 1.29 is 18.3 Å². The van der Waals surface area contributed by atoms with E-state index in [4.69, 9.17) is 4.74 Å². The van der Waals surface area contributed by atoms with Crippen LogP contribution >= 0.6 is 0 Å². The molecule has 0 radical (unpaired) electrons. The van der Waals surface area contributed by atoms with Crippen molar-refractivity contribution in [2.75, 3.05) is 5.32 Å². The fraction of sp³-hybridized carbons (Fsp3) is 0.0500. The molecule has 5 heteroatoms. The lowest BCUT2D eigenvalue weighted by atomic mass is 10.1. The van der Waals surface area contributed by atoms with Crippen LogP contribution in [-0.4, -0.2) is 5.91 Å². The van der Waals surface area contributed by atoms with Crippen LogP contribution in [0.25, 0.3) is 0 Å². The minimum atomic E-state index is -0.746. The molecule has 0 aliphatic rings. The van der Waals surface area contributed by atoms with Crippen LogP contribution in [0.2, 0.25) is 0 Å².